The first-order valence-electron chi connectivity index (χ1n) is 3.87. The standard InChI is InChI=1S/C9H12I2Si/c1-12(2,3)8-6-4-5-7(10)9(8)11/h4-6H,1-3H3. The number of halogens is 2. The lowest BCUT2D eigenvalue weighted by Gasteiger charge is -2.18. The second-order valence-electron chi connectivity index (χ2n) is 3.85. The van der Waals surface area contributed by atoms with Crippen LogP contribution in [-0.4, -0.2) is 8.07 Å². The van der Waals surface area contributed by atoms with Gasteiger partial charge in [0.25, 0.3) is 0 Å². The SMILES string of the molecule is C[Si](C)(C)c1cccc(I)c1I. The molecule has 1 rings (SSSR count). The Labute approximate surface area is 102 Å². The smallest absolute Gasteiger partial charge is 0.0656 e. The molecule has 0 aliphatic heterocycles. The highest BCUT2D eigenvalue weighted by molar-refractivity contribution is 14.1. The molecule has 0 amide bonds. The lowest BCUT2D eigenvalue weighted by molar-refractivity contribution is 1.58. The molecule has 0 aliphatic carbocycles. The summed E-state index contributed by atoms with van der Waals surface area (Å²) in [5, 5.41) is 1.58. The average Bonchev–Trinajstić information content (AvgIpc) is 1.92. The van der Waals surface area contributed by atoms with E-state index in [4.69, 9.17) is 0 Å². The van der Waals surface area contributed by atoms with Crippen molar-refractivity contribution in [2.75, 3.05) is 0 Å². The Hall–Kier alpha value is 0.897. The van der Waals surface area contributed by atoms with Crippen molar-refractivity contribution in [1.82, 2.24) is 0 Å². The zero-order chi connectivity index (χ0) is 9.35. The Morgan fingerprint density at radius 1 is 1.08 bits per heavy atom. The van der Waals surface area contributed by atoms with E-state index in [1.54, 1.807) is 5.19 Å². The fraction of sp³-hybridized carbons (Fsp3) is 0.333. The maximum absolute atomic E-state index is 2.46. The van der Waals surface area contributed by atoms with Gasteiger partial charge in [0.2, 0.25) is 0 Å². The molecule has 0 aliphatic rings. The lowest BCUT2D eigenvalue weighted by atomic mass is 10.4. The van der Waals surface area contributed by atoms with Crippen LogP contribution in [0, 0.1) is 7.14 Å². The summed E-state index contributed by atoms with van der Waals surface area (Å²) < 4.78 is 2.84. The van der Waals surface area contributed by atoms with Crippen molar-refractivity contribution >= 4 is 58.4 Å². The van der Waals surface area contributed by atoms with Gasteiger partial charge in [-0.1, -0.05) is 31.8 Å². The second-order valence-corrected chi connectivity index (χ2v) is 11.1. The molecular formula is C9H12I2Si. The number of hydrogen-bond donors (Lipinski definition) is 0. The van der Waals surface area contributed by atoms with Crippen LogP contribution in [0.2, 0.25) is 19.6 Å². The maximum Gasteiger partial charge on any atom is 0.0790 e. The largest absolute Gasteiger partial charge is 0.0790 e. The van der Waals surface area contributed by atoms with E-state index in [0.29, 0.717) is 0 Å². The summed E-state index contributed by atoms with van der Waals surface area (Å²) in [6, 6.07) is 6.61. The van der Waals surface area contributed by atoms with Gasteiger partial charge in [-0.2, -0.15) is 0 Å². The van der Waals surface area contributed by atoms with Gasteiger partial charge in [0.1, 0.15) is 0 Å². The van der Waals surface area contributed by atoms with Crippen molar-refractivity contribution in [2.45, 2.75) is 19.6 Å². The Balaban J connectivity index is 3.26. The molecule has 0 fully saturated rings. The summed E-state index contributed by atoms with van der Waals surface area (Å²) in [5.74, 6) is 0. The van der Waals surface area contributed by atoms with Crippen LogP contribution in [0.15, 0.2) is 18.2 Å². The zero-order valence-corrected chi connectivity index (χ0v) is 12.8. The van der Waals surface area contributed by atoms with E-state index < -0.39 is 8.07 Å². The summed E-state index contributed by atoms with van der Waals surface area (Å²) in [4.78, 5) is 0. The van der Waals surface area contributed by atoms with Gasteiger partial charge in [0.05, 0.1) is 8.07 Å². The van der Waals surface area contributed by atoms with E-state index in [0.717, 1.165) is 0 Å². The summed E-state index contributed by atoms with van der Waals surface area (Å²) >= 11 is 4.86. The van der Waals surface area contributed by atoms with Crippen molar-refractivity contribution in [1.29, 1.82) is 0 Å². The monoisotopic (exact) mass is 402 g/mol. The van der Waals surface area contributed by atoms with Gasteiger partial charge in [-0.25, -0.2) is 0 Å². The highest BCUT2D eigenvalue weighted by atomic mass is 127. The zero-order valence-electron chi connectivity index (χ0n) is 7.49. The predicted molar refractivity (Wildman–Crippen MR) is 74.9 cm³/mol. The Kier molecular flexibility index (Phi) is 3.62. The quantitative estimate of drug-likeness (QED) is 0.499. The van der Waals surface area contributed by atoms with Gasteiger partial charge in [0, 0.05) is 7.14 Å². The van der Waals surface area contributed by atoms with Gasteiger partial charge in [0.15, 0.2) is 0 Å². The summed E-state index contributed by atoms with van der Waals surface area (Å²) in [6.07, 6.45) is 0. The van der Waals surface area contributed by atoms with Crippen molar-refractivity contribution in [3.05, 3.63) is 25.3 Å². The molecular weight excluding hydrogens is 390 g/mol. The molecule has 3 heteroatoms. The van der Waals surface area contributed by atoms with E-state index in [1.165, 1.54) is 7.14 Å². The minimum Gasteiger partial charge on any atom is -0.0656 e. The summed E-state index contributed by atoms with van der Waals surface area (Å²) in [7, 11) is -1.12. The number of hydrogen-bond acceptors (Lipinski definition) is 0. The first-order valence-corrected chi connectivity index (χ1v) is 9.53. The van der Waals surface area contributed by atoms with E-state index in [9.17, 15) is 0 Å². The number of rotatable bonds is 1. The molecule has 12 heavy (non-hydrogen) atoms. The molecule has 0 nitrogen and oxygen atoms in total. The third-order valence-electron chi connectivity index (χ3n) is 1.76. The molecule has 0 spiro atoms. The molecule has 0 saturated carbocycles. The van der Waals surface area contributed by atoms with Gasteiger partial charge >= 0.3 is 0 Å². The van der Waals surface area contributed by atoms with Crippen LogP contribution in [0.25, 0.3) is 0 Å². The molecule has 1 aromatic rings. The topological polar surface area (TPSA) is 0 Å². The van der Waals surface area contributed by atoms with Crippen LogP contribution in [0.3, 0.4) is 0 Å². The van der Waals surface area contributed by atoms with E-state index in [2.05, 4.69) is 83.0 Å². The minimum absolute atomic E-state index is 1.12. The maximum atomic E-state index is 2.46. The van der Waals surface area contributed by atoms with Crippen LogP contribution in [-0.2, 0) is 0 Å². The Morgan fingerprint density at radius 2 is 1.67 bits per heavy atom. The third-order valence-corrected chi connectivity index (χ3v) is 7.39. The lowest BCUT2D eigenvalue weighted by Crippen LogP contribution is -2.39. The first kappa shape index (κ1) is 11.0. The molecule has 0 N–H and O–H groups in total. The Bertz CT molecular complexity index is 289. The van der Waals surface area contributed by atoms with E-state index in [-0.39, 0.29) is 0 Å². The van der Waals surface area contributed by atoms with Crippen molar-refractivity contribution < 1.29 is 0 Å². The van der Waals surface area contributed by atoms with Crippen molar-refractivity contribution in [3.8, 4) is 0 Å². The predicted octanol–water partition coefficient (Wildman–Crippen LogP) is 3.44. The third kappa shape index (κ3) is 2.44. The molecule has 1 aromatic carbocycles. The average molecular weight is 402 g/mol. The van der Waals surface area contributed by atoms with Crippen LogP contribution >= 0.6 is 45.2 Å². The highest BCUT2D eigenvalue weighted by Crippen LogP contribution is 2.15. The molecule has 0 saturated heterocycles. The molecule has 0 bridgehead atoms. The Morgan fingerprint density at radius 3 is 2.08 bits per heavy atom. The fourth-order valence-electron chi connectivity index (χ4n) is 1.08. The molecule has 66 valence electrons. The van der Waals surface area contributed by atoms with E-state index >= 15 is 0 Å². The fourth-order valence-corrected chi connectivity index (χ4v) is 6.01. The second kappa shape index (κ2) is 3.96. The first-order chi connectivity index (χ1) is 5.43. The molecule has 0 unspecified atom stereocenters. The van der Waals surface area contributed by atoms with Crippen LogP contribution in [0.4, 0.5) is 0 Å². The minimum atomic E-state index is -1.12. The molecule has 0 atom stereocenters. The number of benzene rings is 1. The molecule has 0 heterocycles. The molecule has 0 radical (unpaired) electrons. The summed E-state index contributed by atoms with van der Waals surface area (Å²) in [5.41, 5.74) is 0. The van der Waals surface area contributed by atoms with Crippen LogP contribution in [0.5, 0.6) is 0 Å². The highest BCUT2D eigenvalue weighted by Gasteiger charge is 2.19. The van der Waals surface area contributed by atoms with Gasteiger partial charge < -0.3 is 0 Å². The molecule has 0 aromatic heterocycles. The van der Waals surface area contributed by atoms with Gasteiger partial charge in [-0.3, -0.25) is 0 Å². The van der Waals surface area contributed by atoms with Crippen molar-refractivity contribution in [2.24, 2.45) is 0 Å². The van der Waals surface area contributed by atoms with E-state index in [1.807, 2.05) is 0 Å². The van der Waals surface area contributed by atoms with Gasteiger partial charge in [-0.05, 0) is 56.4 Å². The van der Waals surface area contributed by atoms with Crippen LogP contribution < -0.4 is 5.19 Å². The van der Waals surface area contributed by atoms with Crippen molar-refractivity contribution in [3.63, 3.8) is 0 Å². The van der Waals surface area contributed by atoms with Gasteiger partial charge in [-0.15, -0.1) is 0 Å². The van der Waals surface area contributed by atoms with Crippen LogP contribution in [0.1, 0.15) is 0 Å². The summed E-state index contributed by atoms with van der Waals surface area (Å²) in [6.45, 7) is 7.17. The normalized spacial score (nSPS) is 11.8.